The molecular weight excluding hydrogens is 452 g/mol. The van der Waals surface area contributed by atoms with Crippen molar-refractivity contribution in [1.82, 2.24) is 14.5 Å². The van der Waals surface area contributed by atoms with E-state index in [0.717, 1.165) is 24.1 Å². The fourth-order valence-corrected chi connectivity index (χ4v) is 5.74. The summed E-state index contributed by atoms with van der Waals surface area (Å²) in [5, 5.41) is 11.8. The van der Waals surface area contributed by atoms with E-state index in [1.54, 1.807) is 36.7 Å². The number of aryl methyl sites for hydroxylation is 1. The van der Waals surface area contributed by atoms with Crippen LogP contribution in [0.15, 0.2) is 53.4 Å². The first-order valence-electron chi connectivity index (χ1n) is 11.3. The smallest absolute Gasteiger partial charge is 0.243 e. The molecule has 0 atom stereocenters. The minimum Gasteiger partial charge on any atom is -0.493 e. The highest BCUT2D eigenvalue weighted by Gasteiger charge is 2.29. The number of benzene rings is 2. The molecular formula is C25H30N4O4S. The van der Waals surface area contributed by atoms with Gasteiger partial charge in [0.2, 0.25) is 10.0 Å². The summed E-state index contributed by atoms with van der Waals surface area (Å²) in [4.78, 5) is 0.328. The number of piperidine rings is 1. The third kappa shape index (κ3) is 5.00. The molecule has 0 bridgehead atoms. The van der Waals surface area contributed by atoms with Crippen LogP contribution in [-0.4, -0.2) is 50.2 Å². The van der Waals surface area contributed by atoms with Gasteiger partial charge in [0.1, 0.15) is 0 Å². The highest BCUT2D eigenvalue weighted by Crippen LogP contribution is 2.32. The fraction of sp³-hybridized carbons (Fsp3) is 0.360. The van der Waals surface area contributed by atoms with Crippen LogP contribution in [0.25, 0.3) is 11.3 Å². The molecule has 1 saturated heterocycles. The van der Waals surface area contributed by atoms with Crippen LogP contribution < -0.4 is 14.8 Å². The fourth-order valence-electron chi connectivity index (χ4n) is 4.02. The van der Waals surface area contributed by atoms with Gasteiger partial charge in [0, 0.05) is 30.4 Å². The SMILES string of the molecule is COc1ccc(Nc2ccc(-c3ccc(C)c(S(=O)(=O)N4CCC(C)CC4)c3)nn2)cc1OC. The molecule has 0 unspecified atom stereocenters. The van der Waals surface area contributed by atoms with E-state index in [0.29, 0.717) is 52.5 Å². The zero-order chi connectivity index (χ0) is 24.3. The Labute approximate surface area is 201 Å². The molecule has 1 fully saturated rings. The summed E-state index contributed by atoms with van der Waals surface area (Å²) < 4.78 is 38.8. The van der Waals surface area contributed by atoms with Crippen molar-refractivity contribution in [1.29, 1.82) is 0 Å². The highest BCUT2D eigenvalue weighted by atomic mass is 32.2. The molecule has 0 aliphatic carbocycles. The van der Waals surface area contributed by atoms with Crippen LogP contribution in [0.5, 0.6) is 11.5 Å². The third-order valence-corrected chi connectivity index (χ3v) is 8.21. The molecule has 0 amide bonds. The first kappa shape index (κ1) is 24.0. The molecule has 1 N–H and O–H groups in total. The maximum absolute atomic E-state index is 13.3. The van der Waals surface area contributed by atoms with E-state index < -0.39 is 10.0 Å². The molecule has 3 aromatic rings. The van der Waals surface area contributed by atoms with E-state index in [2.05, 4.69) is 22.4 Å². The topological polar surface area (TPSA) is 93.7 Å². The second kappa shape index (κ2) is 9.99. The number of methoxy groups -OCH3 is 2. The summed E-state index contributed by atoms with van der Waals surface area (Å²) in [5.41, 5.74) is 2.81. The van der Waals surface area contributed by atoms with Gasteiger partial charge in [-0.15, -0.1) is 10.2 Å². The minimum absolute atomic E-state index is 0.328. The Morgan fingerprint density at radius 1 is 0.941 bits per heavy atom. The van der Waals surface area contributed by atoms with Gasteiger partial charge >= 0.3 is 0 Å². The predicted molar refractivity (Wildman–Crippen MR) is 132 cm³/mol. The van der Waals surface area contributed by atoms with Crippen molar-refractivity contribution in [2.24, 2.45) is 5.92 Å². The first-order valence-corrected chi connectivity index (χ1v) is 12.7. The Hall–Kier alpha value is -3.17. The lowest BCUT2D eigenvalue weighted by Crippen LogP contribution is -2.38. The van der Waals surface area contributed by atoms with Crippen molar-refractivity contribution < 1.29 is 17.9 Å². The van der Waals surface area contributed by atoms with Gasteiger partial charge in [0.05, 0.1) is 24.8 Å². The van der Waals surface area contributed by atoms with Crippen molar-refractivity contribution in [2.45, 2.75) is 31.6 Å². The van der Waals surface area contributed by atoms with Crippen LogP contribution in [0.4, 0.5) is 11.5 Å². The second-order valence-corrected chi connectivity index (χ2v) is 10.5. The standard InChI is InChI=1S/C25H30N4O4S/c1-17-11-13-29(14-12-17)34(30,31)24-15-19(6-5-18(24)2)21-8-10-25(28-27-21)26-20-7-9-22(32-3)23(16-20)33-4/h5-10,15-17H,11-14H2,1-4H3,(H,26,28). The van der Waals surface area contributed by atoms with Crippen LogP contribution in [0.3, 0.4) is 0 Å². The Morgan fingerprint density at radius 2 is 1.68 bits per heavy atom. The first-order chi connectivity index (χ1) is 16.3. The molecule has 1 aliphatic heterocycles. The highest BCUT2D eigenvalue weighted by molar-refractivity contribution is 7.89. The average Bonchev–Trinajstić information content (AvgIpc) is 2.85. The molecule has 0 saturated carbocycles. The molecule has 8 nitrogen and oxygen atoms in total. The van der Waals surface area contributed by atoms with E-state index in [9.17, 15) is 8.42 Å². The van der Waals surface area contributed by atoms with Crippen molar-refractivity contribution in [3.8, 4) is 22.8 Å². The number of sulfonamides is 1. The average molecular weight is 483 g/mol. The van der Waals surface area contributed by atoms with Gasteiger partial charge < -0.3 is 14.8 Å². The molecule has 2 heterocycles. The summed E-state index contributed by atoms with van der Waals surface area (Å²) >= 11 is 0. The van der Waals surface area contributed by atoms with Crippen molar-refractivity contribution in [3.05, 3.63) is 54.1 Å². The summed E-state index contributed by atoms with van der Waals surface area (Å²) in [7, 11) is -0.389. The number of aromatic nitrogens is 2. The molecule has 4 rings (SSSR count). The van der Waals surface area contributed by atoms with Gasteiger partial charge in [0.25, 0.3) is 0 Å². The van der Waals surface area contributed by atoms with Crippen LogP contribution in [0, 0.1) is 12.8 Å². The Kier molecular flexibility index (Phi) is 7.04. The van der Waals surface area contributed by atoms with E-state index >= 15 is 0 Å². The van der Waals surface area contributed by atoms with Crippen molar-refractivity contribution in [2.75, 3.05) is 32.6 Å². The van der Waals surface area contributed by atoms with Gasteiger partial charge in [-0.1, -0.05) is 19.1 Å². The zero-order valence-corrected chi connectivity index (χ0v) is 20.7. The van der Waals surface area contributed by atoms with Gasteiger partial charge in [-0.3, -0.25) is 0 Å². The number of anilines is 2. The number of rotatable bonds is 7. The molecule has 2 aromatic carbocycles. The number of ether oxygens (including phenoxy) is 2. The Bertz CT molecular complexity index is 1250. The van der Waals surface area contributed by atoms with Gasteiger partial charge in [0.15, 0.2) is 17.3 Å². The molecule has 34 heavy (non-hydrogen) atoms. The summed E-state index contributed by atoms with van der Waals surface area (Å²) in [5.74, 6) is 2.35. The zero-order valence-electron chi connectivity index (χ0n) is 19.9. The molecule has 1 aromatic heterocycles. The van der Waals surface area contributed by atoms with Gasteiger partial charge in [-0.2, -0.15) is 4.31 Å². The third-order valence-electron chi connectivity index (χ3n) is 6.16. The summed E-state index contributed by atoms with van der Waals surface area (Å²) in [6.45, 7) is 5.11. The quantitative estimate of drug-likeness (QED) is 0.525. The van der Waals surface area contributed by atoms with Crippen molar-refractivity contribution >= 4 is 21.5 Å². The number of hydrogen-bond acceptors (Lipinski definition) is 7. The van der Waals surface area contributed by atoms with Crippen LogP contribution in [0.1, 0.15) is 25.3 Å². The van der Waals surface area contributed by atoms with E-state index in [1.165, 1.54) is 0 Å². The number of nitrogens with one attached hydrogen (secondary N) is 1. The molecule has 180 valence electrons. The van der Waals surface area contributed by atoms with Crippen LogP contribution >= 0.6 is 0 Å². The van der Waals surface area contributed by atoms with E-state index in [-0.39, 0.29) is 0 Å². The minimum atomic E-state index is -3.56. The predicted octanol–water partition coefficient (Wildman–Crippen LogP) is 4.63. The Balaban J connectivity index is 1.55. The second-order valence-electron chi connectivity index (χ2n) is 8.57. The molecule has 0 radical (unpaired) electrons. The lowest BCUT2D eigenvalue weighted by Gasteiger charge is -2.30. The van der Waals surface area contributed by atoms with Crippen LogP contribution in [-0.2, 0) is 10.0 Å². The molecule has 9 heteroatoms. The lowest BCUT2D eigenvalue weighted by molar-refractivity contribution is 0.288. The summed E-state index contributed by atoms with van der Waals surface area (Å²) in [6.07, 6.45) is 1.77. The van der Waals surface area contributed by atoms with Crippen molar-refractivity contribution in [3.63, 3.8) is 0 Å². The monoisotopic (exact) mass is 482 g/mol. The van der Waals surface area contributed by atoms with Crippen LogP contribution in [0.2, 0.25) is 0 Å². The van der Waals surface area contributed by atoms with Gasteiger partial charge in [-0.05, 0) is 61.6 Å². The Morgan fingerprint density at radius 3 is 2.32 bits per heavy atom. The summed E-state index contributed by atoms with van der Waals surface area (Å²) in [6, 6.07) is 14.5. The van der Waals surface area contributed by atoms with E-state index in [1.807, 2.05) is 37.3 Å². The number of nitrogens with zero attached hydrogens (tertiary/aromatic N) is 3. The molecule has 0 spiro atoms. The largest absolute Gasteiger partial charge is 0.493 e. The normalized spacial score (nSPS) is 15.2. The van der Waals surface area contributed by atoms with Gasteiger partial charge in [-0.25, -0.2) is 8.42 Å². The molecule has 1 aliphatic rings. The maximum atomic E-state index is 13.3. The van der Waals surface area contributed by atoms with E-state index in [4.69, 9.17) is 9.47 Å². The number of hydrogen-bond donors (Lipinski definition) is 1. The maximum Gasteiger partial charge on any atom is 0.243 e. The lowest BCUT2D eigenvalue weighted by atomic mass is 10.0.